The zero-order valence-electron chi connectivity index (χ0n) is 20.7. The molecule has 0 bridgehead atoms. The molecule has 2 aromatic heterocycles. The lowest BCUT2D eigenvalue weighted by Crippen LogP contribution is -2.36. The third-order valence-electron chi connectivity index (χ3n) is 6.74. The highest BCUT2D eigenvalue weighted by Crippen LogP contribution is 2.30. The van der Waals surface area contributed by atoms with Gasteiger partial charge in [-0.2, -0.15) is 0 Å². The number of hydrogen-bond acceptors (Lipinski definition) is 5. The Labute approximate surface area is 200 Å². The maximum Gasteiger partial charge on any atom is 0.252 e. The summed E-state index contributed by atoms with van der Waals surface area (Å²) in [6.45, 7) is 11.8. The molecule has 34 heavy (non-hydrogen) atoms. The van der Waals surface area contributed by atoms with Gasteiger partial charge in [-0.3, -0.25) is 9.69 Å². The molecule has 0 saturated heterocycles. The fraction of sp³-hybridized carbons (Fsp3) is 0.407. The van der Waals surface area contributed by atoms with E-state index in [-0.39, 0.29) is 17.1 Å². The van der Waals surface area contributed by atoms with Gasteiger partial charge in [-0.05, 0) is 72.7 Å². The van der Waals surface area contributed by atoms with Crippen molar-refractivity contribution in [3.63, 3.8) is 0 Å². The molecule has 0 unspecified atom stereocenters. The van der Waals surface area contributed by atoms with Crippen LogP contribution in [-0.4, -0.2) is 30.1 Å². The normalized spacial score (nSPS) is 13.0. The molecule has 2 aromatic carbocycles. The first-order chi connectivity index (χ1) is 16.3. The number of H-pyrrole nitrogens is 1. The molecular weight excluding hydrogens is 424 g/mol. The summed E-state index contributed by atoms with van der Waals surface area (Å²) in [5.41, 5.74) is 3.65. The fourth-order valence-electron chi connectivity index (χ4n) is 4.38. The zero-order chi connectivity index (χ0) is 24.3. The van der Waals surface area contributed by atoms with E-state index in [1.54, 1.807) is 0 Å². The Morgan fingerprint density at radius 2 is 1.82 bits per heavy atom. The minimum absolute atomic E-state index is 0.0471. The van der Waals surface area contributed by atoms with Gasteiger partial charge in [0.2, 0.25) is 0 Å². The first-order valence-corrected chi connectivity index (χ1v) is 12.0. The number of tetrazole rings is 1. The van der Waals surface area contributed by atoms with E-state index in [0.29, 0.717) is 13.1 Å². The number of hydrogen-bond donors (Lipinski definition) is 1. The van der Waals surface area contributed by atoms with Crippen molar-refractivity contribution in [2.45, 2.75) is 72.1 Å². The third kappa shape index (κ3) is 4.94. The van der Waals surface area contributed by atoms with Gasteiger partial charge in [-0.1, -0.05) is 56.3 Å². The van der Waals surface area contributed by atoms with Crippen LogP contribution in [0.4, 0.5) is 0 Å². The summed E-state index contributed by atoms with van der Waals surface area (Å²) in [7, 11) is 0. The van der Waals surface area contributed by atoms with Crippen molar-refractivity contribution < 1.29 is 0 Å². The molecule has 4 rings (SSSR count). The van der Waals surface area contributed by atoms with Gasteiger partial charge < -0.3 is 4.98 Å². The molecule has 0 radical (unpaired) electrons. The minimum atomic E-state index is -0.205. The lowest BCUT2D eigenvalue weighted by Gasteiger charge is -2.33. The largest absolute Gasteiger partial charge is 0.322 e. The minimum Gasteiger partial charge on any atom is -0.322 e. The second kappa shape index (κ2) is 9.89. The topological polar surface area (TPSA) is 79.7 Å². The quantitative estimate of drug-likeness (QED) is 0.376. The van der Waals surface area contributed by atoms with Crippen LogP contribution in [0.3, 0.4) is 0 Å². The average molecular weight is 459 g/mol. The Hall–Kier alpha value is -3.32. The van der Waals surface area contributed by atoms with Crippen LogP contribution in [0.15, 0.2) is 59.4 Å². The molecule has 0 saturated carbocycles. The molecule has 1 atom stereocenters. The summed E-state index contributed by atoms with van der Waals surface area (Å²) in [6.07, 6.45) is 1.72. The van der Waals surface area contributed by atoms with Crippen LogP contribution in [0.5, 0.6) is 0 Å². The molecule has 0 amide bonds. The van der Waals surface area contributed by atoms with Crippen molar-refractivity contribution >= 4 is 10.9 Å². The second-order valence-corrected chi connectivity index (χ2v) is 9.64. The van der Waals surface area contributed by atoms with E-state index in [1.165, 1.54) is 5.56 Å². The Balaban J connectivity index is 1.76. The van der Waals surface area contributed by atoms with Crippen LogP contribution in [0.25, 0.3) is 10.9 Å². The van der Waals surface area contributed by atoms with E-state index in [0.717, 1.165) is 40.7 Å². The number of aromatic amines is 1. The number of nitrogens with one attached hydrogen (secondary N) is 1. The number of rotatable bonds is 9. The molecule has 0 spiro atoms. The zero-order valence-corrected chi connectivity index (χ0v) is 20.7. The summed E-state index contributed by atoms with van der Waals surface area (Å²) in [6, 6.07) is 18.5. The Morgan fingerprint density at radius 3 is 2.53 bits per heavy atom. The van der Waals surface area contributed by atoms with E-state index in [4.69, 9.17) is 0 Å². The predicted molar refractivity (Wildman–Crippen MR) is 135 cm³/mol. The van der Waals surface area contributed by atoms with E-state index in [2.05, 4.69) is 77.4 Å². The highest BCUT2D eigenvalue weighted by Gasteiger charge is 2.31. The lowest BCUT2D eigenvalue weighted by atomic mass is 10.0. The van der Waals surface area contributed by atoms with Crippen LogP contribution < -0.4 is 5.56 Å². The summed E-state index contributed by atoms with van der Waals surface area (Å²) in [5, 5.41) is 13.9. The lowest BCUT2D eigenvalue weighted by molar-refractivity contribution is 0.150. The number of fused-ring (bicyclic) bond motifs is 1. The van der Waals surface area contributed by atoms with Crippen LogP contribution >= 0.6 is 0 Å². The molecule has 0 fully saturated rings. The van der Waals surface area contributed by atoms with Gasteiger partial charge in [0, 0.05) is 24.2 Å². The number of aryl methyl sites for hydroxylation is 1. The van der Waals surface area contributed by atoms with Crippen molar-refractivity contribution in [2.24, 2.45) is 0 Å². The molecular formula is C27H34N6O. The van der Waals surface area contributed by atoms with Gasteiger partial charge in [0.1, 0.15) is 0 Å². The average Bonchev–Trinajstić information content (AvgIpc) is 3.31. The Kier molecular flexibility index (Phi) is 6.93. The monoisotopic (exact) mass is 458 g/mol. The second-order valence-electron chi connectivity index (χ2n) is 9.64. The van der Waals surface area contributed by atoms with Crippen molar-refractivity contribution in [1.29, 1.82) is 0 Å². The van der Waals surface area contributed by atoms with Gasteiger partial charge in [-0.25, -0.2) is 4.68 Å². The molecule has 0 aliphatic carbocycles. The molecule has 0 aliphatic rings. The smallest absolute Gasteiger partial charge is 0.252 e. The predicted octanol–water partition coefficient (Wildman–Crippen LogP) is 5.12. The van der Waals surface area contributed by atoms with E-state index >= 15 is 0 Å². The van der Waals surface area contributed by atoms with Crippen LogP contribution in [0.2, 0.25) is 0 Å². The van der Waals surface area contributed by atoms with Crippen LogP contribution in [0, 0.1) is 6.92 Å². The molecule has 0 aliphatic heterocycles. The van der Waals surface area contributed by atoms with Crippen molar-refractivity contribution in [1.82, 2.24) is 30.1 Å². The van der Waals surface area contributed by atoms with Gasteiger partial charge in [-0.15, -0.1) is 5.10 Å². The first kappa shape index (κ1) is 23.8. The third-order valence-corrected chi connectivity index (χ3v) is 6.74. The summed E-state index contributed by atoms with van der Waals surface area (Å²) < 4.78 is 1.95. The summed E-state index contributed by atoms with van der Waals surface area (Å²) >= 11 is 0. The molecule has 1 N–H and O–H groups in total. The molecule has 7 nitrogen and oxygen atoms in total. The van der Waals surface area contributed by atoms with Gasteiger partial charge in [0.15, 0.2) is 5.82 Å². The maximum absolute atomic E-state index is 13.1. The Morgan fingerprint density at radius 1 is 1.06 bits per heavy atom. The van der Waals surface area contributed by atoms with E-state index in [9.17, 15) is 4.79 Å². The first-order valence-electron chi connectivity index (χ1n) is 12.0. The van der Waals surface area contributed by atoms with E-state index in [1.807, 2.05) is 41.9 Å². The van der Waals surface area contributed by atoms with Crippen molar-refractivity contribution in [3.8, 4) is 0 Å². The number of pyridine rings is 1. The highest BCUT2D eigenvalue weighted by atomic mass is 16.1. The van der Waals surface area contributed by atoms with Crippen LogP contribution in [-0.2, 0) is 18.6 Å². The number of aromatic nitrogens is 5. The SMILES string of the molecule is CC[C@H](c1nnnn1C(C)(C)CC)N(Cc1ccccc1)Cc1cc2ccc(C)cc2[nH]c1=O. The maximum atomic E-state index is 13.1. The van der Waals surface area contributed by atoms with Gasteiger partial charge >= 0.3 is 0 Å². The molecule has 4 aromatic rings. The fourth-order valence-corrected chi connectivity index (χ4v) is 4.38. The van der Waals surface area contributed by atoms with Crippen molar-refractivity contribution in [2.75, 3.05) is 0 Å². The van der Waals surface area contributed by atoms with Gasteiger partial charge in [0.25, 0.3) is 5.56 Å². The van der Waals surface area contributed by atoms with Gasteiger partial charge in [0.05, 0.1) is 11.6 Å². The van der Waals surface area contributed by atoms with Crippen molar-refractivity contribution in [3.05, 3.63) is 87.5 Å². The molecule has 2 heterocycles. The molecule has 178 valence electrons. The van der Waals surface area contributed by atoms with E-state index < -0.39 is 0 Å². The Bertz CT molecular complexity index is 1310. The summed E-state index contributed by atoms with van der Waals surface area (Å²) in [5.74, 6) is 0.832. The summed E-state index contributed by atoms with van der Waals surface area (Å²) in [4.78, 5) is 18.5. The number of benzene rings is 2. The molecule has 7 heteroatoms. The van der Waals surface area contributed by atoms with Crippen LogP contribution in [0.1, 0.15) is 69.1 Å². The highest BCUT2D eigenvalue weighted by molar-refractivity contribution is 5.79. The number of nitrogens with zero attached hydrogens (tertiary/aromatic N) is 5. The standard InChI is InChI=1S/C27H34N6O/c1-6-24(25-29-30-31-33(25)27(4,5)7-2)32(17-20-11-9-8-10-12-20)18-22-16-21-14-13-19(3)15-23(21)28-26(22)34/h8-16,24H,6-7,17-18H2,1-5H3,(H,28,34)/t24-/m1/s1.